The van der Waals surface area contributed by atoms with Gasteiger partial charge >= 0.3 is 0 Å². The van der Waals surface area contributed by atoms with E-state index in [1.807, 2.05) is 17.8 Å². The lowest BCUT2D eigenvalue weighted by Gasteiger charge is -2.26. The molecule has 2 heterocycles. The van der Waals surface area contributed by atoms with Crippen molar-refractivity contribution in [2.24, 2.45) is 12.5 Å². The summed E-state index contributed by atoms with van der Waals surface area (Å²) in [6, 6.07) is 0. The topological polar surface area (TPSA) is 46.9 Å². The first-order valence-corrected chi connectivity index (χ1v) is 6.88. The van der Waals surface area contributed by atoms with Crippen LogP contribution in [0.1, 0.15) is 38.4 Å². The number of nitrogens with zero attached hydrogens (tertiary/aromatic N) is 2. The smallest absolute Gasteiger partial charge is 0.140 e. The summed E-state index contributed by atoms with van der Waals surface area (Å²) in [4.78, 5) is 16.8. The number of nitrogens with one attached hydrogen (secondary N) is 1. The van der Waals surface area contributed by atoms with Gasteiger partial charge in [-0.25, -0.2) is 4.98 Å². The molecule has 0 spiro atoms. The number of imidazole rings is 1. The van der Waals surface area contributed by atoms with E-state index >= 15 is 0 Å². The normalized spacial score (nSPS) is 23.4. The summed E-state index contributed by atoms with van der Waals surface area (Å²) >= 11 is 0. The Bertz CT molecular complexity index is 405. The lowest BCUT2D eigenvalue weighted by molar-refractivity contribution is -0.128. The highest BCUT2D eigenvalue weighted by Gasteiger charge is 2.39. The monoisotopic (exact) mass is 249 g/mol. The number of ketones is 1. The molecule has 1 aliphatic rings. The largest absolute Gasteiger partial charge is 0.338 e. The number of Topliss-reactive ketones (excluding diaryl/α,β-unsaturated/α-hetero) is 1. The van der Waals surface area contributed by atoms with Gasteiger partial charge in [-0.05, 0) is 19.4 Å². The molecule has 100 valence electrons. The summed E-state index contributed by atoms with van der Waals surface area (Å²) < 4.78 is 1.99. The van der Waals surface area contributed by atoms with Crippen molar-refractivity contribution >= 4 is 5.78 Å². The summed E-state index contributed by atoms with van der Waals surface area (Å²) in [5, 5.41) is 3.34. The predicted molar refractivity (Wildman–Crippen MR) is 71.4 cm³/mol. The fraction of sp³-hybridized carbons (Fsp3) is 0.714. The molecule has 0 aromatic carbocycles. The molecule has 18 heavy (non-hydrogen) atoms. The van der Waals surface area contributed by atoms with E-state index in [-0.39, 0.29) is 5.41 Å². The molecule has 0 radical (unpaired) electrons. The maximum atomic E-state index is 12.5. The van der Waals surface area contributed by atoms with Gasteiger partial charge < -0.3 is 9.88 Å². The van der Waals surface area contributed by atoms with Crippen molar-refractivity contribution in [1.29, 1.82) is 0 Å². The van der Waals surface area contributed by atoms with Crippen molar-refractivity contribution in [2.45, 2.75) is 39.0 Å². The van der Waals surface area contributed by atoms with E-state index in [1.165, 1.54) is 0 Å². The number of hydrogen-bond acceptors (Lipinski definition) is 3. The molecule has 1 aromatic rings. The number of rotatable bonds is 6. The molecule has 0 saturated carbocycles. The van der Waals surface area contributed by atoms with Crippen molar-refractivity contribution in [3.8, 4) is 0 Å². The Hall–Kier alpha value is -1.16. The minimum absolute atomic E-state index is 0.0973. The molecule has 1 atom stereocenters. The van der Waals surface area contributed by atoms with Crippen LogP contribution in [0.15, 0.2) is 12.4 Å². The van der Waals surface area contributed by atoms with Crippen molar-refractivity contribution in [3.05, 3.63) is 18.2 Å². The van der Waals surface area contributed by atoms with Gasteiger partial charge in [0.2, 0.25) is 0 Å². The van der Waals surface area contributed by atoms with Gasteiger partial charge in [0.05, 0.1) is 0 Å². The molecule has 1 unspecified atom stereocenters. The van der Waals surface area contributed by atoms with Gasteiger partial charge in [-0.15, -0.1) is 0 Å². The van der Waals surface area contributed by atoms with Gasteiger partial charge in [-0.1, -0.05) is 13.3 Å². The molecular weight excluding hydrogens is 226 g/mol. The Kier molecular flexibility index (Phi) is 4.17. The number of aromatic nitrogens is 2. The second-order valence-electron chi connectivity index (χ2n) is 5.33. The summed E-state index contributed by atoms with van der Waals surface area (Å²) in [5.41, 5.74) is -0.0973. The number of carbonyl (C=O) groups is 1. The minimum Gasteiger partial charge on any atom is -0.338 e. The average molecular weight is 249 g/mol. The van der Waals surface area contributed by atoms with Crippen molar-refractivity contribution in [1.82, 2.24) is 14.9 Å². The van der Waals surface area contributed by atoms with E-state index in [0.29, 0.717) is 12.2 Å². The third kappa shape index (κ3) is 2.64. The number of aryl methyl sites for hydroxylation is 2. The lowest BCUT2D eigenvalue weighted by Crippen LogP contribution is -2.33. The van der Waals surface area contributed by atoms with Crippen LogP contribution in [0.4, 0.5) is 0 Å². The van der Waals surface area contributed by atoms with Crippen molar-refractivity contribution < 1.29 is 4.79 Å². The number of hydrogen-bond donors (Lipinski definition) is 1. The molecule has 2 rings (SSSR count). The van der Waals surface area contributed by atoms with Gasteiger partial charge in [0.15, 0.2) is 0 Å². The van der Waals surface area contributed by atoms with Crippen LogP contribution >= 0.6 is 0 Å². The molecule has 0 bridgehead atoms. The third-order valence-corrected chi connectivity index (χ3v) is 4.06. The van der Waals surface area contributed by atoms with Crippen LogP contribution in [0.3, 0.4) is 0 Å². The van der Waals surface area contributed by atoms with Crippen LogP contribution in [-0.4, -0.2) is 28.4 Å². The van der Waals surface area contributed by atoms with E-state index in [1.54, 1.807) is 6.20 Å². The second-order valence-corrected chi connectivity index (χ2v) is 5.33. The van der Waals surface area contributed by atoms with Gasteiger partial charge in [0.1, 0.15) is 11.6 Å². The molecule has 1 N–H and O–H groups in total. The van der Waals surface area contributed by atoms with Crippen LogP contribution in [-0.2, 0) is 18.3 Å². The quantitative estimate of drug-likeness (QED) is 0.834. The Morgan fingerprint density at radius 1 is 1.61 bits per heavy atom. The standard InChI is InChI=1S/C14H23N3O/c1-3-6-14(7-8-15-11-14)12(18)4-5-13-16-9-10-17(13)2/h9-10,15H,3-8,11H2,1-2H3. The van der Waals surface area contributed by atoms with Crippen LogP contribution in [0.5, 0.6) is 0 Å². The zero-order valence-corrected chi connectivity index (χ0v) is 11.4. The molecule has 4 heteroatoms. The highest BCUT2D eigenvalue weighted by atomic mass is 16.1. The molecule has 1 aromatic heterocycles. The average Bonchev–Trinajstić information content (AvgIpc) is 2.97. The number of carbonyl (C=O) groups excluding carboxylic acids is 1. The van der Waals surface area contributed by atoms with E-state index in [9.17, 15) is 4.79 Å². The maximum Gasteiger partial charge on any atom is 0.140 e. The Morgan fingerprint density at radius 3 is 3.00 bits per heavy atom. The molecule has 1 saturated heterocycles. The predicted octanol–water partition coefficient (Wildman–Crippen LogP) is 1.70. The maximum absolute atomic E-state index is 12.5. The third-order valence-electron chi connectivity index (χ3n) is 4.06. The van der Waals surface area contributed by atoms with Crippen LogP contribution in [0, 0.1) is 5.41 Å². The fourth-order valence-electron chi connectivity index (χ4n) is 2.94. The summed E-state index contributed by atoms with van der Waals surface area (Å²) in [6.07, 6.45) is 8.19. The fourth-order valence-corrected chi connectivity index (χ4v) is 2.94. The van der Waals surface area contributed by atoms with E-state index in [0.717, 1.165) is 44.6 Å². The highest BCUT2D eigenvalue weighted by Crippen LogP contribution is 2.33. The first-order chi connectivity index (χ1) is 8.68. The van der Waals surface area contributed by atoms with E-state index in [4.69, 9.17) is 0 Å². The van der Waals surface area contributed by atoms with Gasteiger partial charge in [-0.2, -0.15) is 0 Å². The summed E-state index contributed by atoms with van der Waals surface area (Å²) in [7, 11) is 1.98. The van der Waals surface area contributed by atoms with Crippen LogP contribution in [0.2, 0.25) is 0 Å². The first kappa shape index (κ1) is 13.3. The highest BCUT2D eigenvalue weighted by molar-refractivity contribution is 5.85. The molecule has 1 fully saturated rings. The SMILES string of the molecule is CCCC1(C(=O)CCc2nccn2C)CCNC1. The zero-order valence-electron chi connectivity index (χ0n) is 11.4. The lowest BCUT2D eigenvalue weighted by atomic mass is 9.77. The summed E-state index contributed by atoms with van der Waals surface area (Å²) in [6.45, 7) is 4.00. The van der Waals surface area contributed by atoms with E-state index in [2.05, 4.69) is 17.2 Å². The molecule has 1 aliphatic heterocycles. The Morgan fingerprint density at radius 2 is 2.44 bits per heavy atom. The first-order valence-electron chi connectivity index (χ1n) is 6.88. The van der Waals surface area contributed by atoms with Crippen LogP contribution < -0.4 is 5.32 Å². The Balaban J connectivity index is 1.96. The van der Waals surface area contributed by atoms with Gasteiger partial charge in [0, 0.05) is 44.2 Å². The Labute approximate surface area is 109 Å². The van der Waals surface area contributed by atoms with E-state index < -0.39 is 0 Å². The van der Waals surface area contributed by atoms with Crippen LogP contribution in [0.25, 0.3) is 0 Å². The van der Waals surface area contributed by atoms with Crippen molar-refractivity contribution in [2.75, 3.05) is 13.1 Å². The molecule has 0 aliphatic carbocycles. The molecule has 0 amide bonds. The summed E-state index contributed by atoms with van der Waals surface area (Å²) in [5.74, 6) is 1.42. The zero-order chi connectivity index (χ0) is 13.0. The van der Waals surface area contributed by atoms with Gasteiger partial charge in [-0.3, -0.25) is 4.79 Å². The molecule has 4 nitrogen and oxygen atoms in total. The van der Waals surface area contributed by atoms with Gasteiger partial charge in [0.25, 0.3) is 0 Å². The molecular formula is C14H23N3O. The van der Waals surface area contributed by atoms with Crippen molar-refractivity contribution in [3.63, 3.8) is 0 Å². The minimum atomic E-state index is -0.0973. The second kappa shape index (κ2) is 5.65.